The van der Waals surface area contributed by atoms with Crippen LogP contribution in [0.1, 0.15) is 29.6 Å². The first-order chi connectivity index (χ1) is 11.8. The molecular formula is C19H21N3O2. The van der Waals surface area contributed by atoms with Crippen molar-refractivity contribution in [3.63, 3.8) is 0 Å². The van der Waals surface area contributed by atoms with Crippen molar-refractivity contribution in [3.05, 3.63) is 60.4 Å². The number of anilines is 1. The molecule has 2 aliphatic heterocycles. The van der Waals surface area contributed by atoms with E-state index in [9.17, 15) is 4.79 Å². The summed E-state index contributed by atoms with van der Waals surface area (Å²) in [4.78, 5) is 24.7. The number of hydrogen-bond acceptors (Lipinski definition) is 5. The monoisotopic (exact) mass is 323 g/mol. The molecule has 2 aliphatic rings. The molecular weight excluding hydrogens is 302 g/mol. The Morgan fingerprint density at radius 1 is 1.08 bits per heavy atom. The third-order valence-corrected chi connectivity index (χ3v) is 5.08. The lowest BCUT2D eigenvalue weighted by molar-refractivity contribution is -0.150. The quantitative estimate of drug-likeness (QED) is 0.869. The van der Waals surface area contributed by atoms with E-state index >= 15 is 0 Å². The molecule has 0 amide bonds. The van der Waals surface area contributed by atoms with Crippen molar-refractivity contribution in [1.29, 1.82) is 0 Å². The lowest BCUT2D eigenvalue weighted by Gasteiger charge is -2.33. The zero-order chi connectivity index (χ0) is 16.4. The Morgan fingerprint density at radius 2 is 1.96 bits per heavy atom. The minimum Gasteiger partial charge on any atom is -0.368 e. The Morgan fingerprint density at radius 3 is 2.75 bits per heavy atom. The van der Waals surface area contributed by atoms with Crippen LogP contribution in [-0.4, -0.2) is 41.2 Å². The third-order valence-electron chi connectivity index (χ3n) is 5.08. The summed E-state index contributed by atoms with van der Waals surface area (Å²) >= 11 is 0. The summed E-state index contributed by atoms with van der Waals surface area (Å²) in [6.07, 6.45) is 6.81. The predicted octanol–water partition coefficient (Wildman–Crippen LogP) is 2.90. The van der Waals surface area contributed by atoms with Gasteiger partial charge >= 0.3 is 5.97 Å². The van der Waals surface area contributed by atoms with Gasteiger partial charge in [-0.05, 0) is 43.5 Å². The molecule has 124 valence electrons. The van der Waals surface area contributed by atoms with Crippen LogP contribution in [0, 0.1) is 0 Å². The summed E-state index contributed by atoms with van der Waals surface area (Å²) in [6.45, 7) is 2.64. The lowest BCUT2D eigenvalue weighted by Crippen LogP contribution is -2.47. The second-order valence-corrected chi connectivity index (χ2v) is 6.56. The highest BCUT2D eigenvalue weighted by Crippen LogP contribution is 2.39. The maximum atomic E-state index is 12.4. The average molecular weight is 323 g/mol. The van der Waals surface area contributed by atoms with Gasteiger partial charge in [0, 0.05) is 25.8 Å². The number of pyridine rings is 1. The average Bonchev–Trinajstić information content (AvgIpc) is 3.24. The number of aromatic nitrogens is 1. The molecule has 0 aliphatic carbocycles. The van der Waals surface area contributed by atoms with E-state index in [0.717, 1.165) is 44.6 Å². The fraction of sp³-hybridized carbons (Fsp3) is 0.368. The van der Waals surface area contributed by atoms with Crippen LogP contribution in [0.5, 0.6) is 0 Å². The van der Waals surface area contributed by atoms with Crippen LogP contribution in [0.2, 0.25) is 0 Å². The molecule has 24 heavy (non-hydrogen) atoms. The number of hydroxylamine groups is 2. The zero-order valence-electron chi connectivity index (χ0n) is 13.6. The Labute approximate surface area is 141 Å². The highest BCUT2D eigenvalue weighted by Gasteiger charge is 2.48. The van der Waals surface area contributed by atoms with Crippen LogP contribution in [0.15, 0.2) is 54.9 Å². The molecule has 1 aromatic heterocycles. The van der Waals surface area contributed by atoms with Gasteiger partial charge in [-0.15, -0.1) is 5.06 Å². The third kappa shape index (κ3) is 2.76. The predicted molar refractivity (Wildman–Crippen MR) is 91.6 cm³/mol. The van der Waals surface area contributed by atoms with Crippen molar-refractivity contribution < 1.29 is 9.63 Å². The van der Waals surface area contributed by atoms with Crippen LogP contribution in [-0.2, 0) is 4.84 Å². The molecule has 0 radical (unpaired) electrons. The van der Waals surface area contributed by atoms with Gasteiger partial charge in [-0.3, -0.25) is 4.98 Å². The molecule has 0 N–H and O–H groups in total. The second kappa shape index (κ2) is 6.24. The molecule has 3 heterocycles. The van der Waals surface area contributed by atoms with Crippen LogP contribution in [0.3, 0.4) is 0 Å². The van der Waals surface area contributed by atoms with E-state index < -0.39 is 0 Å². The van der Waals surface area contributed by atoms with Crippen LogP contribution < -0.4 is 4.90 Å². The lowest BCUT2D eigenvalue weighted by atomic mass is 9.96. The molecule has 1 aromatic carbocycles. The highest BCUT2D eigenvalue weighted by molar-refractivity contribution is 5.89. The molecule has 1 spiro atoms. The van der Waals surface area contributed by atoms with Crippen molar-refractivity contribution in [1.82, 2.24) is 10.0 Å². The topological polar surface area (TPSA) is 45.7 Å². The molecule has 5 heteroatoms. The summed E-state index contributed by atoms with van der Waals surface area (Å²) in [6, 6.07) is 13.2. The molecule has 5 nitrogen and oxygen atoms in total. The Kier molecular flexibility index (Phi) is 3.94. The van der Waals surface area contributed by atoms with Gasteiger partial charge in [0.15, 0.2) is 0 Å². The first-order valence-electron chi connectivity index (χ1n) is 8.47. The van der Waals surface area contributed by atoms with E-state index in [1.807, 2.05) is 35.5 Å². The molecule has 4 rings (SSSR count). The largest absolute Gasteiger partial charge is 0.368 e. The van der Waals surface area contributed by atoms with Crippen molar-refractivity contribution in [2.45, 2.75) is 24.8 Å². The van der Waals surface area contributed by atoms with Gasteiger partial charge in [-0.25, -0.2) is 4.79 Å². The normalized spacial score (nSPS) is 23.8. The maximum absolute atomic E-state index is 12.4. The molecule has 2 aromatic rings. The maximum Gasteiger partial charge on any atom is 0.357 e. The molecule has 1 atom stereocenters. The summed E-state index contributed by atoms with van der Waals surface area (Å²) < 4.78 is 0. The smallest absolute Gasteiger partial charge is 0.357 e. The molecule has 2 saturated heterocycles. The Bertz CT molecular complexity index is 707. The van der Waals surface area contributed by atoms with E-state index in [-0.39, 0.29) is 11.5 Å². The van der Waals surface area contributed by atoms with E-state index in [2.05, 4.69) is 16.0 Å². The summed E-state index contributed by atoms with van der Waals surface area (Å²) in [7, 11) is 0. The first kappa shape index (κ1) is 15.1. The molecule has 0 unspecified atom stereocenters. The van der Waals surface area contributed by atoms with Gasteiger partial charge in [-0.1, -0.05) is 18.2 Å². The van der Waals surface area contributed by atoms with E-state index in [1.165, 1.54) is 0 Å². The number of carbonyl (C=O) groups is 1. The van der Waals surface area contributed by atoms with Gasteiger partial charge in [0.2, 0.25) is 0 Å². The SMILES string of the molecule is O=C(ON1CCC[C@@]12CCN(c1cccnc1)C2)c1ccccc1. The van der Waals surface area contributed by atoms with Gasteiger partial charge in [0.1, 0.15) is 0 Å². The second-order valence-electron chi connectivity index (χ2n) is 6.56. The fourth-order valence-corrected chi connectivity index (χ4v) is 3.81. The highest BCUT2D eigenvalue weighted by atomic mass is 16.7. The van der Waals surface area contributed by atoms with Gasteiger partial charge in [-0.2, -0.15) is 0 Å². The molecule has 2 fully saturated rings. The number of nitrogens with zero attached hydrogens (tertiary/aromatic N) is 3. The molecule has 0 bridgehead atoms. The van der Waals surface area contributed by atoms with Crippen molar-refractivity contribution in [3.8, 4) is 0 Å². The number of hydrogen-bond donors (Lipinski definition) is 0. The van der Waals surface area contributed by atoms with E-state index in [0.29, 0.717) is 5.56 Å². The summed E-state index contributed by atoms with van der Waals surface area (Å²) in [5.41, 5.74) is 1.66. The Balaban J connectivity index is 1.48. The van der Waals surface area contributed by atoms with Gasteiger partial charge in [0.25, 0.3) is 0 Å². The van der Waals surface area contributed by atoms with E-state index in [4.69, 9.17) is 4.84 Å². The summed E-state index contributed by atoms with van der Waals surface area (Å²) in [5.74, 6) is -0.267. The van der Waals surface area contributed by atoms with Crippen molar-refractivity contribution in [2.75, 3.05) is 24.5 Å². The van der Waals surface area contributed by atoms with Crippen molar-refractivity contribution >= 4 is 11.7 Å². The van der Waals surface area contributed by atoms with Crippen LogP contribution in [0.25, 0.3) is 0 Å². The zero-order valence-corrected chi connectivity index (χ0v) is 13.6. The molecule has 0 saturated carbocycles. The fourth-order valence-electron chi connectivity index (χ4n) is 3.81. The number of rotatable bonds is 3. The van der Waals surface area contributed by atoms with Gasteiger partial charge < -0.3 is 9.74 Å². The minimum atomic E-state index is -0.267. The standard InChI is InChI=1S/C19H21N3O2/c23-18(16-6-2-1-3-7-16)24-22-12-5-9-19(22)10-13-21(15-19)17-8-4-11-20-14-17/h1-4,6-8,11,14H,5,9-10,12-13,15H2/t19-/m0/s1. The van der Waals surface area contributed by atoms with Crippen molar-refractivity contribution in [2.24, 2.45) is 0 Å². The minimum absolute atomic E-state index is 0.0692. The van der Waals surface area contributed by atoms with Gasteiger partial charge in [0.05, 0.1) is 23.0 Å². The summed E-state index contributed by atoms with van der Waals surface area (Å²) in [5, 5.41) is 1.93. The number of benzene rings is 1. The van der Waals surface area contributed by atoms with Crippen LogP contribution in [0.4, 0.5) is 5.69 Å². The number of carbonyl (C=O) groups excluding carboxylic acids is 1. The van der Waals surface area contributed by atoms with Crippen LogP contribution >= 0.6 is 0 Å². The van der Waals surface area contributed by atoms with E-state index in [1.54, 1.807) is 18.3 Å². The first-order valence-corrected chi connectivity index (χ1v) is 8.47. The Hall–Kier alpha value is -2.40.